The van der Waals surface area contributed by atoms with E-state index in [2.05, 4.69) is 4.98 Å². The number of carbonyl (C=O) groups is 3. The number of esters is 1. The number of anilines is 1. The second-order valence-corrected chi connectivity index (χ2v) is 9.49. The second-order valence-electron chi connectivity index (χ2n) is 9.49. The van der Waals surface area contributed by atoms with Crippen molar-refractivity contribution < 1.29 is 19.1 Å². The van der Waals surface area contributed by atoms with E-state index in [1.165, 1.54) is 17.8 Å². The van der Waals surface area contributed by atoms with Crippen molar-refractivity contribution in [3.8, 4) is 0 Å². The third kappa shape index (κ3) is 2.12. The van der Waals surface area contributed by atoms with Crippen molar-refractivity contribution >= 4 is 34.4 Å². The van der Waals surface area contributed by atoms with Gasteiger partial charge in [-0.3, -0.25) is 23.9 Å². The summed E-state index contributed by atoms with van der Waals surface area (Å²) in [6, 6.07) is 13.3. The summed E-state index contributed by atoms with van der Waals surface area (Å²) >= 11 is 0. The Hall–Kier alpha value is -4.01. The lowest BCUT2D eigenvalue weighted by molar-refractivity contribution is -0.159. The molecule has 4 heterocycles. The Bertz CT molecular complexity index is 1510. The quantitative estimate of drug-likeness (QED) is 0.518. The van der Waals surface area contributed by atoms with Crippen LogP contribution in [0.1, 0.15) is 37.8 Å². The average molecular weight is 456 g/mol. The highest BCUT2D eigenvalue weighted by Crippen LogP contribution is 2.62. The van der Waals surface area contributed by atoms with Gasteiger partial charge in [0, 0.05) is 18.9 Å². The van der Waals surface area contributed by atoms with Crippen LogP contribution < -0.4 is 10.5 Å². The molecule has 2 saturated heterocycles. The van der Waals surface area contributed by atoms with Gasteiger partial charge in [-0.25, -0.2) is 9.78 Å². The highest BCUT2D eigenvalue weighted by molar-refractivity contribution is 6.10. The van der Waals surface area contributed by atoms with Crippen molar-refractivity contribution in [2.45, 2.75) is 49.5 Å². The zero-order valence-corrected chi connectivity index (χ0v) is 18.3. The molecule has 7 rings (SSSR count). The lowest BCUT2D eigenvalue weighted by Crippen LogP contribution is -2.53. The number of ether oxygens (including phenoxy) is 1. The third-order valence-corrected chi connectivity index (χ3v) is 7.74. The molecule has 0 N–H and O–H groups in total. The van der Waals surface area contributed by atoms with Gasteiger partial charge in [0.1, 0.15) is 11.6 Å². The van der Waals surface area contributed by atoms with Crippen LogP contribution in [0.5, 0.6) is 0 Å². The van der Waals surface area contributed by atoms with E-state index < -0.39 is 29.3 Å². The first-order chi connectivity index (χ1) is 16.4. The molecule has 2 aromatic carbocycles. The molecule has 1 aromatic heterocycles. The molecule has 34 heavy (non-hydrogen) atoms. The highest BCUT2D eigenvalue weighted by atomic mass is 16.6. The summed E-state index contributed by atoms with van der Waals surface area (Å²) < 4.78 is 7.43. The lowest BCUT2D eigenvalue weighted by atomic mass is 9.87. The minimum atomic E-state index is -1.27. The van der Waals surface area contributed by atoms with Gasteiger partial charge in [0.15, 0.2) is 11.8 Å². The van der Waals surface area contributed by atoms with E-state index >= 15 is 0 Å². The van der Waals surface area contributed by atoms with Gasteiger partial charge in [-0.2, -0.15) is 0 Å². The van der Waals surface area contributed by atoms with Gasteiger partial charge in [0.25, 0.3) is 11.5 Å². The summed E-state index contributed by atoms with van der Waals surface area (Å²) in [5, 5.41) is 0.408. The van der Waals surface area contributed by atoms with Crippen LogP contribution in [-0.2, 0) is 24.7 Å². The highest BCUT2D eigenvalue weighted by Gasteiger charge is 2.75. The third-order valence-electron chi connectivity index (χ3n) is 7.74. The molecule has 9 heteroatoms. The topological polar surface area (TPSA) is 102 Å². The number of aromatic nitrogens is 2. The lowest BCUT2D eigenvalue weighted by Gasteiger charge is -2.36. The molecule has 0 radical (unpaired) electrons. The first-order valence-electron chi connectivity index (χ1n) is 11.3. The fourth-order valence-corrected chi connectivity index (χ4v) is 6.17. The Kier molecular flexibility index (Phi) is 3.49. The Morgan fingerprint density at radius 3 is 2.56 bits per heavy atom. The Morgan fingerprint density at radius 1 is 1.06 bits per heavy atom. The van der Waals surface area contributed by atoms with Gasteiger partial charge in [0.2, 0.25) is 5.91 Å². The van der Waals surface area contributed by atoms with Crippen molar-refractivity contribution in [2.75, 3.05) is 4.90 Å². The van der Waals surface area contributed by atoms with Crippen LogP contribution in [0, 0.1) is 0 Å². The number of carbonyl (C=O) groups excluding carboxylic acids is 3. The summed E-state index contributed by atoms with van der Waals surface area (Å²) in [7, 11) is 0. The van der Waals surface area contributed by atoms with Crippen LogP contribution in [0.25, 0.3) is 10.9 Å². The number of para-hydroxylation sites is 2. The van der Waals surface area contributed by atoms with Gasteiger partial charge in [-0.1, -0.05) is 30.3 Å². The molecule has 2 amide bonds. The summed E-state index contributed by atoms with van der Waals surface area (Å²) in [6.07, 6.45) is 1.87. The van der Waals surface area contributed by atoms with E-state index in [4.69, 9.17) is 4.74 Å². The Balaban J connectivity index is 1.41. The fraction of sp³-hybridized carbons (Fsp3) is 0.320. The van der Waals surface area contributed by atoms with Crippen molar-refractivity contribution in [1.29, 1.82) is 0 Å². The predicted molar refractivity (Wildman–Crippen MR) is 120 cm³/mol. The van der Waals surface area contributed by atoms with E-state index in [-0.39, 0.29) is 23.8 Å². The van der Waals surface area contributed by atoms with Crippen LogP contribution in [0.4, 0.5) is 5.69 Å². The van der Waals surface area contributed by atoms with E-state index in [0.29, 0.717) is 35.0 Å². The number of hydrogen-bond acceptors (Lipinski definition) is 6. The van der Waals surface area contributed by atoms with Gasteiger partial charge < -0.3 is 9.64 Å². The van der Waals surface area contributed by atoms with E-state index in [9.17, 15) is 19.2 Å². The van der Waals surface area contributed by atoms with Crippen molar-refractivity contribution in [3.63, 3.8) is 0 Å². The molecule has 3 aliphatic heterocycles. The van der Waals surface area contributed by atoms with Gasteiger partial charge in [-0.05, 0) is 31.0 Å². The molecule has 0 unspecified atom stereocenters. The molecule has 3 atom stereocenters. The van der Waals surface area contributed by atoms with Gasteiger partial charge >= 0.3 is 5.97 Å². The fourth-order valence-electron chi connectivity index (χ4n) is 6.17. The first-order valence-corrected chi connectivity index (χ1v) is 11.3. The van der Waals surface area contributed by atoms with Crippen LogP contribution >= 0.6 is 0 Å². The predicted octanol–water partition coefficient (Wildman–Crippen LogP) is 1.85. The number of amides is 2. The Morgan fingerprint density at radius 2 is 1.79 bits per heavy atom. The molecule has 0 bridgehead atoms. The number of benzene rings is 2. The zero-order valence-electron chi connectivity index (χ0n) is 18.3. The molecule has 9 nitrogen and oxygen atoms in total. The number of rotatable bonds is 1. The molecular formula is C25H20N4O5. The standard InChI is InChI=1S/C25H20N4O5/c1-14(30)29-22-25(16-7-3-5-9-18(16)28(22)23(33)24(29)10-11-24)12-19(21(32)34-25)27-13-26-17-8-4-2-6-15(17)20(27)31/h2-9,13,19,22H,10-12H2,1H3/t19-,22-,25-/m1/s1. The summed E-state index contributed by atoms with van der Waals surface area (Å²) in [4.78, 5) is 60.6. The van der Waals surface area contributed by atoms with Crippen LogP contribution in [0.3, 0.4) is 0 Å². The molecular weight excluding hydrogens is 436 g/mol. The second kappa shape index (κ2) is 6.11. The molecule has 4 aliphatic rings. The SMILES string of the molecule is CC(=O)N1[C@H]2N(C(=O)C13CC3)c1ccccc1[C@]21C[C@@H](n2cnc3ccccc3c2=O)C(=O)O1. The normalized spacial score (nSPS) is 28.0. The first kappa shape index (κ1) is 19.5. The summed E-state index contributed by atoms with van der Waals surface area (Å²) in [5.74, 6) is -0.959. The Labute approximate surface area is 193 Å². The van der Waals surface area contributed by atoms with E-state index in [1.807, 2.05) is 24.3 Å². The minimum absolute atomic E-state index is 0.108. The van der Waals surface area contributed by atoms with E-state index in [1.54, 1.807) is 34.1 Å². The largest absolute Gasteiger partial charge is 0.448 e. The molecule has 2 spiro atoms. The van der Waals surface area contributed by atoms with Crippen molar-refractivity contribution in [2.24, 2.45) is 0 Å². The van der Waals surface area contributed by atoms with Gasteiger partial charge in [-0.15, -0.1) is 0 Å². The number of fused-ring (bicyclic) bond motifs is 6. The minimum Gasteiger partial charge on any atom is -0.448 e. The number of nitrogens with zero attached hydrogens (tertiary/aromatic N) is 4. The summed E-state index contributed by atoms with van der Waals surface area (Å²) in [5.41, 5.74) is -0.614. The monoisotopic (exact) mass is 456 g/mol. The maximum Gasteiger partial charge on any atom is 0.330 e. The molecule has 3 aromatic rings. The molecule has 1 aliphatic carbocycles. The van der Waals surface area contributed by atoms with E-state index in [0.717, 1.165) is 0 Å². The number of hydrogen-bond donors (Lipinski definition) is 0. The van der Waals surface area contributed by atoms with Gasteiger partial charge in [0.05, 0.1) is 22.9 Å². The summed E-state index contributed by atoms with van der Waals surface area (Å²) in [6.45, 7) is 1.44. The molecule has 3 fully saturated rings. The van der Waals surface area contributed by atoms with Crippen LogP contribution in [-0.4, -0.2) is 43.9 Å². The van der Waals surface area contributed by atoms with Crippen molar-refractivity contribution in [1.82, 2.24) is 14.5 Å². The van der Waals surface area contributed by atoms with Crippen LogP contribution in [0.2, 0.25) is 0 Å². The maximum atomic E-state index is 13.5. The smallest absolute Gasteiger partial charge is 0.330 e. The molecule has 1 saturated carbocycles. The molecule has 170 valence electrons. The maximum absolute atomic E-state index is 13.5. The van der Waals surface area contributed by atoms with Crippen LogP contribution in [0.15, 0.2) is 59.7 Å². The average Bonchev–Trinajstić information content (AvgIpc) is 3.41. The van der Waals surface area contributed by atoms with Crippen molar-refractivity contribution in [3.05, 3.63) is 70.8 Å². The zero-order chi connectivity index (χ0) is 23.4.